The SMILES string of the molecule is N=C(N)c1ccc2cc(C(=O)N3CCC(F)(F)CC3)n(Cc3ccc(C(N)=O)cc3)c2c1. The van der Waals surface area contributed by atoms with Crippen molar-refractivity contribution in [1.82, 2.24) is 9.47 Å². The Balaban J connectivity index is 1.75. The first kappa shape index (κ1) is 21.5. The first-order chi connectivity index (χ1) is 15.1. The topological polar surface area (TPSA) is 118 Å². The summed E-state index contributed by atoms with van der Waals surface area (Å²) in [7, 11) is 0. The summed E-state index contributed by atoms with van der Waals surface area (Å²) in [5, 5.41) is 8.51. The van der Waals surface area contributed by atoms with Gasteiger partial charge in [0.25, 0.3) is 11.8 Å². The van der Waals surface area contributed by atoms with Crippen LogP contribution in [0.1, 0.15) is 44.8 Å². The van der Waals surface area contributed by atoms with E-state index in [1.165, 1.54) is 4.90 Å². The molecule has 7 nitrogen and oxygen atoms in total. The van der Waals surface area contributed by atoms with Crippen LogP contribution < -0.4 is 11.5 Å². The fourth-order valence-corrected chi connectivity index (χ4v) is 3.93. The van der Waals surface area contributed by atoms with Gasteiger partial charge in [0, 0.05) is 54.5 Å². The number of benzene rings is 2. The predicted octanol–water partition coefficient (Wildman–Crippen LogP) is 2.94. The maximum absolute atomic E-state index is 13.6. The Labute approximate surface area is 183 Å². The maximum Gasteiger partial charge on any atom is 0.270 e. The van der Waals surface area contributed by atoms with Crippen molar-refractivity contribution >= 4 is 28.6 Å². The molecule has 1 aromatic heterocycles. The molecule has 3 aromatic rings. The molecule has 0 unspecified atom stereocenters. The standard InChI is InChI=1S/C23H23F2N5O2/c24-23(25)7-9-29(10-8-23)22(32)19-11-16-5-6-17(20(26)27)12-18(16)30(19)13-14-1-3-15(4-2-14)21(28)31/h1-6,11-12H,7-10,13H2,(H3,26,27)(H2,28,31). The number of carbonyl (C=O) groups is 2. The third-order valence-corrected chi connectivity index (χ3v) is 5.80. The molecule has 166 valence electrons. The number of nitrogens with two attached hydrogens (primary N) is 2. The third-order valence-electron chi connectivity index (χ3n) is 5.80. The number of halogens is 2. The van der Waals surface area contributed by atoms with Gasteiger partial charge in [-0.1, -0.05) is 24.3 Å². The fraction of sp³-hybridized carbons (Fsp3) is 0.261. The molecule has 1 saturated heterocycles. The number of nitrogen functional groups attached to an aromatic ring is 1. The van der Waals surface area contributed by atoms with E-state index in [1.54, 1.807) is 53.1 Å². The number of hydrogen-bond acceptors (Lipinski definition) is 3. The molecule has 2 amide bonds. The van der Waals surface area contributed by atoms with Gasteiger partial charge in [0.1, 0.15) is 11.5 Å². The molecule has 5 N–H and O–H groups in total. The molecule has 0 atom stereocenters. The molecular weight excluding hydrogens is 416 g/mol. The van der Waals surface area contributed by atoms with Gasteiger partial charge in [0.15, 0.2) is 0 Å². The van der Waals surface area contributed by atoms with E-state index in [4.69, 9.17) is 16.9 Å². The summed E-state index contributed by atoms with van der Waals surface area (Å²) >= 11 is 0. The lowest BCUT2D eigenvalue weighted by molar-refractivity contribution is -0.0495. The second kappa shape index (κ2) is 8.07. The van der Waals surface area contributed by atoms with Gasteiger partial charge in [0.2, 0.25) is 5.91 Å². The lowest BCUT2D eigenvalue weighted by atomic mass is 10.1. The number of rotatable bonds is 5. The van der Waals surface area contributed by atoms with Crippen LogP contribution in [0.15, 0.2) is 48.5 Å². The molecule has 4 rings (SSSR count). The minimum Gasteiger partial charge on any atom is -0.384 e. The number of piperidine rings is 1. The van der Waals surface area contributed by atoms with Gasteiger partial charge in [-0.2, -0.15) is 0 Å². The lowest BCUT2D eigenvalue weighted by Crippen LogP contribution is -2.43. The Hall–Kier alpha value is -3.75. The first-order valence-corrected chi connectivity index (χ1v) is 10.2. The summed E-state index contributed by atoms with van der Waals surface area (Å²) < 4.78 is 28.9. The van der Waals surface area contributed by atoms with E-state index in [1.807, 2.05) is 0 Å². The van der Waals surface area contributed by atoms with Crippen LogP contribution in [0.5, 0.6) is 0 Å². The molecule has 0 aliphatic carbocycles. The third kappa shape index (κ3) is 4.18. The number of alkyl halides is 2. The van der Waals surface area contributed by atoms with Crippen LogP contribution in [0.25, 0.3) is 10.9 Å². The minimum absolute atomic E-state index is 0.0145. The first-order valence-electron chi connectivity index (χ1n) is 10.2. The van der Waals surface area contributed by atoms with Gasteiger partial charge in [-0.05, 0) is 29.8 Å². The van der Waals surface area contributed by atoms with E-state index in [9.17, 15) is 18.4 Å². The summed E-state index contributed by atoms with van der Waals surface area (Å²) in [4.78, 5) is 26.1. The monoisotopic (exact) mass is 439 g/mol. The number of fused-ring (bicyclic) bond motifs is 1. The number of carbonyl (C=O) groups excluding carboxylic acids is 2. The van der Waals surface area contributed by atoms with Crippen LogP contribution >= 0.6 is 0 Å². The quantitative estimate of drug-likeness (QED) is 0.419. The Morgan fingerprint density at radius 1 is 0.969 bits per heavy atom. The van der Waals surface area contributed by atoms with E-state index in [2.05, 4.69) is 0 Å². The Morgan fingerprint density at radius 3 is 2.19 bits per heavy atom. The van der Waals surface area contributed by atoms with Gasteiger partial charge in [-0.15, -0.1) is 0 Å². The van der Waals surface area contributed by atoms with Gasteiger partial charge in [0.05, 0.1) is 0 Å². The Kier molecular flexibility index (Phi) is 5.41. The largest absolute Gasteiger partial charge is 0.384 e. The molecule has 2 heterocycles. The van der Waals surface area contributed by atoms with E-state index in [0.717, 1.165) is 10.9 Å². The summed E-state index contributed by atoms with van der Waals surface area (Å²) in [5.41, 5.74) is 13.7. The van der Waals surface area contributed by atoms with Crippen molar-refractivity contribution in [3.05, 3.63) is 70.9 Å². The smallest absolute Gasteiger partial charge is 0.270 e. The molecule has 1 aliphatic heterocycles. The van der Waals surface area contributed by atoms with Crippen molar-refractivity contribution in [2.24, 2.45) is 11.5 Å². The number of nitrogens with one attached hydrogen (secondary N) is 1. The average Bonchev–Trinajstić information content (AvgIpc) is 3.11. The zero-order valence-corrected chi connectivity index (χ0v) is 17.3. The highest BCUT2D eigenvalue weighted by atomic mass is 19.3. The molecule has 0 bridgehead atoms. The van der Waals surface area contributed by atoms with Gasteiger partial charge in [-0.25, -0.2) is 8.78 Å². The van der Waals surface area contributed by atoms with E-state index in [-0.39, 0.29) is 37.7 Å². The van der Waals surface area contributed by atoms with Crippen molar-refractivity contribution < 1.29 is 18.4 Å². The van der Waals surface area contributed by atoms with Crippen molar-refractivity contribution in [3.8, 4) is 0 Å². The molecule has 1 fully saturated rings. The normalized spacial score (nSPS) is 15.6. The van der Waals surface area contributed by atoms with Crippen LogP contribution in [0.3, 0.4) is 0 Å². The highest BCUT2D eigenvalue weighted by Crippen LogP contribution is 2.30. The summed E-state index contributed by atoms with van der Waals surface area (Å²) in [6, 6.07) is 13.7. The highest BCUT2D eigenvalue weighted by Gasteiger charge is 2.36. The molecule has 32 heavy (non-hydrogen) atoms. The summed E-state index contributed by atoms with van der Waals surface area (Å²) in [5.74, 6) is -3.71. The zero-order chi connectivity index (χ0) is 23.0. The van der Waals surface area contributed by atoms with E-state index in [0.29, 0.717) is 28.9 Å². The molecular formula is C23H23F2N5O2. The Bertz CT molecular complexity index is 1210. The fourth-order valence-electron chi connectivity index (χ4n) is 3.93. The van der Waals surface area contributed by atoms with Crippen LogP contribution in [0.2, 0.25) is 0 Å². The second-order valence-corrected chi connectivity index (χ2v) is 8.01. The van der Waals surface area contributed by atoms with Gasteiger partial charge in [-0.3, -0.25) is 15.0 Å². The van der Waals surface area contributed by atoms with Crippen LogP contribution in [0.4, 0.5) is 8.78 Å². The number of hydrogen-bond donors (Lipinski definition) is 3. The van der Waals surface area contributed by atoms with Gasteiger partial charge >= 0.3 is 0 Å². The van der Waals surface area contributed by atoms with Crippen molar-refractivity contribution in [2.75, 3.05) is 13.1 Å². The van der Waals surface area contributed by atoms with Crippen LogP contribution in [0, 0.1) is 5.41 Å². The molecule has 0 radical (unpaired) electrons. The average molecular weight is 439 g/mol. The lowest BCUT2D eigenvalue weighted by Gasteiger charge is -2.32. The molecule has 0 spiro atoms. The zero-order valence-electron chi connectivity index (χ0n) is 17.3. The minimum atomic E-state index is -2.75. The van der Waals surface area contributed by atoms with Gasteiger partial charge < -0.3 is 20.9 Å². The number of amides is 2. The Morgan fingerprint density at radius 2 is 1.59 bits per heavy atom. The van der Waals surface area contributed by atoms with E-state index >= 15 is 0 Å². The predicted molar refractivity (Wildman–Crippen MR) is 117 cm³/mol. The number of primary amides is 1. The maximum atomic E-state index is 13.6. The number of likely N-dealkylation sites (tertiary alicyclic amines) is 1. The molecule has 2 aromatic carbocycles. The molecule has 1 aliphatic rings. The van der Waals surface area contributed by atoms with Crippen LogP contribution in [-0.4, -0.2) is 46.1 Å². The van der Waals surface area contributed by atoms with Crippen molar-refractivity contribution in [1.29, 1.82) is 5.41 Å². The number of nitrogens with zero attached hydrogens (tertiary/aromatic N) is 2. The molecule has 9 heteroatoms. The second-order valence-electron chi connectivity index (χ2n) is 8.01. The summed E-state index contributed by atoms with van der Waals surface area (Å²) in [6.45, 7) is 0.272. The number of amidine groups is 1. The van der Waals surface area contributed by atoms with Crippen molar-refractivity contribution in [2.45, 2.75) is 25.3 Å². The van der Waals surface area contributed by atoms with Crippen LogP contribution in [-0.2, 0) is 6.54 Å². The number of aromatic nitrogens is 1. The van der Waals surface area contributed by atoms with E-state index < -0.39 is 11.8 Å². The van der Waals surface area contributed by atoms with Crippen molar-refractivity contribution in [3.63, 3.8) is 0 Å². The highest BCUT2D eigenvalue weighted by molar-refractivity contribution is 6.02. The summed E-state index contributed by atoms with van der Waals surface area (Å²) in [6.07, 6.45) is -0.718. The molecule has 0 saturated carbocycles.